The molecule has 0 spiro atoms. The van der Waals surface area contributed by atoms with Crippen LogP contribution in [0.5, 0.6) is 0 Å². The zero-order valence-electron chi connectivity index (χ0n) is 15.4. The van der Waals surface area contributed by atoms with Crippen LogP contribution in [0, 0.1) is 27.7 Å². The molecule has 1 aliphatic rings. The molecule has 3 rings (SSSR count). The van der Waals surface area contributed by atoms with E-state index in [1.165, 1.54) is 16.8 Å². The van der Waals surface area contributed by atoms with Crippen LogP contribution in [-0.4, -0.2) is 38.9 Å². The molecule has 5 heteroatoms. The first-order valence-corrected chi connectivity index (χ1v) is 10.1. The van der Waals surface area contributed by atoms with E-state index in [1.54, 1.807) is 10.4 Å². The van der Waals surface area contributed by atoms with Crippen molar-refractivity contribution < 1.29 is 8.42 Å². The van der Waals surface area contributed by atoms with Crippen LogP contribution < -0.4 is 4.90 Å². The van der Waals surface area contributed by atoms with Gasteiger partial charge in [0.2, 0.25) is 10.0 Å². The summed E-state index contributed by atoms with van der Waals surface area (Å²) >= 11 is 0. The Labute approximate surface area is 151 Å². The molecule has 25 heavy (non-hydrogen) atoms. The first-order chi connectivity index (χ1) is 11.8. The molecular weight excluding hydrogens is 332 g/mol. The summed E-state index contributed by atoms with van der Waals surface area (Å²) in [5.41, 5.74) is 5.62. The second-order valence-corrected chi connectivity index (χ2v) is 8.81. The van der Waals surface area contributed by atoms with E-state index in [0.29, 0.717) is 18.0 Å². The van der Waals surface area contributed by atoms with Crippen LogP contribution in [0.4, 0.5) is 5.69 Å². The lowest BCUT2D eigenvalue weighted by molar-refractivity contribution is 0.384. The van der Waals surface area contributed by atoms with Gasteiger partial charge in [-0.05, 0) is 50.5 Å². The molecule has 0 amide bonds. The molecule has 1 saturated heterocycles. The van der Waals surface area contributed by atoms with Crippen LogP contribution in [-0.2, 0) is 10.0 Å². The Hall–Kier alpha value is -1.85. The number of anilines is 1. The summed E-state index contributed by atoms with van der Waals surface area (Å²) in [5.74, 6) is 0. The minimum atomic E-state index is -3.43. The van der Waals surface area contributed by atoms with Gasteiger partial charge in [-0.25, -0.2) is 8.42 Å². The van der Waals surface area contributed by atoms with Gasteiger partial charge < -0.3 is 4.90 Å². The Balaban J connectivity index is 1.80. The number of rotatable bonds is 3. The summed E-state index contributed by atoms with van der Waals surface area (Å²) < 4.78 is 27.6. The molecule has 0 bridgehead atoms. The van der Waals surface area contributed by atoms with E-state index in [9.17, 15) is 8.42 Å². The van der Waals surface area contributed by atoms with E-state index in [4.69, 9.17) is 0 Å². The third kappa shape index (κ3) is 3.44. The van der Waals surface area contributed by atoms with Crippen molar-refractivity contribution in [3.63, 3.8) is 0 Å². The molecule has 4 nitrogen and oxygen atoms in total. The maximum atomic E-state index is 13.0. The number of aryl methyl sites for hydroxylation is 4. The number of nitrogens with zero attached hydrogens (tertiary/aromatic N) is 2. The second kappa shape index (κ2) is 6.81. The predicted molar refractivity (Wildman–Crippen MR) is 103 cm³/mol. The van der Waals surface area contributed by atoms with Crippen molar-refractivity contribution in [2.24, 2.45) is 0 Å². The van der Waals surface area contributed by atoms with E-state index < -0.39 is 10.0 Å². The Morgan fingerprint density at radius 2 is 1.40 bits per heavy atom. The quantitative estimate of drug-likeness (QED) is 0.844. The first-order valence-electron chi connectivity index (χ1n) is 8.69. The molecule has 0 unspecified atom stereocenters. The third-order valence-corrected chi connectivity index (χ3v) is 7.00. The molecule has 0 N–H and O–H groups in total. The van der Waals surface area contributed by atoms with Crippen molar-refractivity contribution in [1.29, 1.82) is 0 Å². The highest BCUT2D eigenvalue weighted by molar-refractivity contribution is 7.89. The molecule has 0 saturated carbocycles. The van der Waals surface area contributed by atoms with Gasteiger partial charge in [-0.1, -0.05) is 35.9 Å². The van der Waals surface area contributed by atoms with Crippen molar-refractivity contribution in [3.8, 4) is 0 Å². The molecule has 134 valence electrons. The number of benzene rings is 2. The zero-order chi connectivity index (χ0) is 18.2. The number of piperazine rings is 1. The second-order valence-electron chi connectivity index (χ2n) is 6.90. The van der Waals surface area contributed by atoms with Crippen molar-refractivity contribution in [2.75, 3.05) is 31.1 Å². The first kappa shape index (κ1) is 18.0. The Morgan fingerprint density at radius 1 is 0.800 bits per heavy atom. The summed E-state index contributed by atoms with van der Waals surface area (Å²) in [6.45, 7) is 10.5. The summed E-state index contributed by atoms with van der Waals surface area (Å²) in [6, 6.07) is 11.8. The Morgan fingerprint density at radius 3 is 1.96 bits per heavy atom. The lowest BCUT2D eigenvalue weighted by Crippen LogP contribution is -2.49. The Kier molecular flexibility index (Phi) is 4.89. The van der Waals surface area contributed by atoms with Gasteiger partial charge in [-0.3, -0.25) is 0 Å². The molecule has 1 aliphatic heterocycles. The van der Waals surface area contributed by atoms with E-state index in [-0.39, 0.29) is 0 Å². The fourth-order valence-corrected chi connectivity index (χ4v) is 5.31. The predicted octanol–water partition coefficient (Wildman–Crippen LogP) is 3.43. The average molecular weight is 359 g/mol. The monoisotopic (exact) mass is 358 g/mol. The van der Waals surface area contributed by atoms with E-state index in [1.807, 2.05) is 26.0 Å². The number of para-hydroxylation sites is 1. The van der Waals surface area contributed by atoms with Gasteiger partial charge >= 0.3 is 0 Å². The molecule has 0 atom stereocenters. The lowest BCUT2D eigenvalue weighted by Gasteiger charge is -2.37. The van der Waals surface area contributed by atoms with Gasteiger partial charge in [0.25, 0.3) is 0 Å². The Bertz CT molecular complexity index is 862. The molecule has 0 aromatic heterocycles. The third-order valence-electron chi connectivity index (χ3n) is 4.94. The number of hydrogen-bond acceptors (Lipinski definition) is 3. The smallest absolute Gasteiger partial charge is 0.243 e. The standard InChI is InChI=1S/C20H26N2O2S/c1-15-8-9-19(18(4)14-15)25(23,24)22-12-10-21(11-13-22)20-16(2)6-5-7-17(20)3/h5-9,14H,10-13H2,1-4H3. The van der Waals surface area contributed by atoms with Crippen LogP contribution >= 0.6 is 0 Å². The molecule has 0 radical (unpaired) electrons. The minimum absolute atomic E-state index is 0.429. The molecule has 2 aromatic rings. The fourth-order valence-electron chi connectivity index (χ4n) is 3.68. The number of hydrogen-bond donors (Lipinski definition) is 0. The highest BCUT2D eigenvalue weighted by Gasteiger charge is 2.30. The largest absolute Gasteiger partial charge is 0.368 e. The summed E-state index contributed by atoms with van der Waals surface area (Å²) in [4.78, 5) is 2.73. The van der Waals surface area contributed by atoms with Crippen molar-refractivity contribution in [3.05, 3.63) is 58.7 Å². The van der Waals surface area contributed by atoms with E-state index in [2.05, 4.69) is 36.9 Å². The molecule has 2 aromatic carbocycles. The van der Waals surface area contributed by atoms with Crippen molar-refractivity contribution in [2.45, 2.75) is 32.6 Å². The maximum Gasteiger partial charge on any atom is 0.243 e. The number of sulfonamides is 1. The van der Waals surface area contributed by atoms with Crippen molar-refractivity contribution >= 4 is 15.7 Å². The summed E-state index contributed by atoms with van der Waals surface area (Å²) in [5, 5.41) is 0. The van der Waals surface area contributed by atoms with Gasteiger partial charge in [-0.15, -0.1) is 0 Å². The van der Waals surface area contributed by atoms with Gasteiger partial charge in [0.1, 0.15) is 0 Å². The van der Waals surface area contributed by atoms with Gasteiger partial charge in [0.05, 0.1) is 4.90 Å². The van der Waals surface area contributed by atoms with Crippen LogP contribution in [0.25, 0.3) is 0 Å². The molecule has 0 aliphatic carbocycles. The molecular formula is C20H26N2O2S. The SMILES string of the molecule is Cc1ccc(S(=O)(=O)N2CCN(c3c(C)cccc3C)CC2)c(C)c1. The van der Waals surface area contributed by atoms with Gasteiger partial charge in [-0.2, -0.15) is 4.31 Å². The minimum Gasteiger partial charge on any atom is -0.368 e. The van der Waals surface area contributed by atoms with Crippen LogP contribution in [0.3, 0.4) is 0 Å². The van der Waals surface area contributed by atoms with E-state index in [0.717, 1.165) is 24.2 Å². The molecule has 1 heterocycles. The van der Waals surface area contributed by atoms with Crippen LogP contribution in [0.15, 0.2) is 41.3 Å². The topological polar surface area (TPSA) is 40.6 Å². The highest BCUT2D eigenvalue weighted by atomic mass is 32.2. The zero-order valence-corrected chi connectivity index (χ0v) is 16.2. The normalized spacial score (nSPS) is 16.2. The summed E-state index contributed by atoms with van der Waals surface area (Å²) in [7, 11) is -3.43. The van der Waals surface area contributed by atoms with Gasteiger partial charge in [0, 0.05) is 31.9 Å². The van der Waals surface area contributed by atoms with Crippen molar-refractivity contribution in [1.82, 2.24) is 4.31 Å². The highest BCUT2D eigenvalue weighted by Crippen LogP contribution is 2.27. The average Bonchev–Trinajstić information content (AvgIpc) is 2.55. The summed E-state index contributed by atoms with van der Waals surface area (Å²) in [6.07, 6.45) is 0. The van der Waals surface area contributed by atoms with Crippen LogP contribution in [0.1, 0.15) is 22.3 Å². The van der Waals surface area contributed by atoms with Crippen LogP contribution in [0.2, 0.25) is 0 Å². The van der Waals surface area contributed by atoms with E-state index >= 15 is 0 Å². The molecule has 1 fully saturated rings. The lowest BCUT2D eigenvalue weighted by atomic mass is 10.1. The van der Waals surface area contributed by atoms with Gasteiger partial charge in [0.15, 0.2) is 0 Å². The maximum absolute atomic E-state index is 13.0. The fraction of sp³-hybridized carbons (Fsp3) is 0.400.